The molecule has 0 bridgehead atoms. The van der Waals surface area contributed by atoms with Crippen LogP contribution in [0.5, 0.6) is 5.75 Å². The van der Waals surface area contributed by atoms with E-state index in [4.69, 9.17) is 9.47 Å². The Balaban J connectivity index is 1.48. The number of rotatable bonds is 4. The lowest BCUT2D eigenvalue weighted by Gasteiger charge is -2.15. The quantitative estimate of drug-likeness (QED) is 0.912. The summed E-state index contributed by atoms with van der Waals surface area (Å²) in [4.78, 5) is 21.3. The second kappa shape index (κ2) is 7.03. The number of hydrogen-bond donors (Lipinski definition) is 1. The molecule has 0 aliphatic carbocycles. The van der Waals surface area contributed by atoms with Crippen LogP contribution in [0.3, 0.4) is 0 Å². The fourth-order valence-corrected chi connectivity index (χ4v) is 3.57. The number of nitrogens with zero attached hydrogens (tertiary/aromatic N) is 2. The number of nitrogens with one attached hydrogen (secondary N) is 1. The van der Waals surface area contributed by atoms with Gasteiger partial charge < -0.3 is 14.8 Å². The number of benzene rings is 1. The highest BCUT2D eigenvalue weighted by Gasteiger charge is 2.29. The average molecular weight is 353 g/mol. The van der Waals surface area contributed by atoms with Crippen molar-refractivity contribution in [1.82, 2.24) is 15.3 Å². The molecule has 1 aromatic heterocycles. The molecule has 26 heavy (non-hydrogen) atoms. The minimum atomic E-state index is -0.0664. The van der Waals surface area contributed by atoms with Crippen LogP contribution < -0.4 is 10.1 Å². The molecule has 1 saturated heterocycles. The first-order chi connectivity index (χ1) is 12.6. The topological polar surface area (TPSA) is 73.3 Å². The maximum atomic E-state index is 12.2. The van der Waals surface area contributed by atoms with Gasteiger partial charge in [-0.2, -0.15) is 0 Å². The van der Waals surface area contributed by atoms with Crippen LogP contribution in [0.2, 0.25) is 0 Å². The fraction of sp³-hybridized carbons (Fsp3) is 0.450. The van der Waals surface area contributed by atoms with Gasteiger partial charge in [-0.1, -0.05) is 12.1 Å². The van der Waals surface area contributed by atoms with E-state index in [-0.39, 0.29) is 17.9 Å². The van der Waals surface area contributed by atoms with Crippen molar-refractivity contribution in [1.29, 1.82) is 0 Å². The molecule has 1 aromatic carbocycles. The van der Waals surface area contributed by atoms with Gasteiger partial charge in [0.25, 0.3) is 0 Å². The maximum Gasteiger partial charge on any atom is 0.225 e. The van der Waals surface area contributed by atoms with Gasteiger partial charge in [0.1, 0.15) is 11.9 Å². The summed E-state index contributed by atoms with van der Waals surface area (Å²) in [6.45, 7) is 5.62. The standard InChI is InChI=1S/C20H23N3O3/c1-12-8-13(2)23-19(22-12)17-5-3-4-14-9-16(26-18(14)17)10-21-20(24)15-6-7-25-11-15/h3-5,8,15-16H,6-7,9-11H2,1-2H3,(H,21,24). The van der Waals surface area contributed by atoms with E-state index in [0.717, 1.165) is 41.1 Å². The second-order valence-electron chi connectivity index (χ2n) is 7.02. The third-order valence-electron chi connectivity index (χ3n) is 4.86. The number of amides is 1. The van der Waals surface area contributed by atoms with Gasteiger partial charge in [-0.25, -0.2) is 9.97 Å². The minimum Gasteiger partial charge on any atom is -0.487 e. The summed E-state index contributed by atoms with van der Waals surface area (Å²) in [5.41, 5.74) is 3.91. The summed E-state index contributed by atoms with van der Waals surface area (Å²) >= 11 is 0. The SMILES string of the molecule is Cc1cc(C)nc(-c2cccc3c2OC(CNC(=O)C2CCOC2)C3)n1. The van der Waals surface area contributed by atoms with Crippen molar-refractivity contribution in [3.63, 3.8) is 0 Å². The predicted octanol–water partition coefficient (Wildman–Crippen LogP) is 2.22. The highest BCUT2D eigenvalue weighted by molar-refractivity contribution is 5.79. The summed E-state index contributed by atoms with van der Waals surface area (Å²) < 4.78 is 11.4. The summed E-state index contributed by atoms with van der Waals surface area (Å²) in [5, 5.41) is 3.00. The molecule has 3 heterocycles. The Hall–Kier alpha value is -2.47. The first-order valence-electron chi connectivity index (χ1n) is 9.07. The lowest BCUT2D eigenvalue weighted by atomic mass is 10.1. The first kappa shape index (κ1) is 17.0. The fourth-order valence-electron chi connectivity index (χ4n) is 3.57. The zero-order valence-electron chi connectivity index (χ0n) is 15.1. The number of fused-ring (bicyclic) bond motifs is 1. The highest BCUT2D eigenvalue weighted by Crippen LogP contribution is 2.37. The van der Waals surface area contributed by atoms with Crippen LogP contribution >= 0.6 is 0 Å². The van der Waals surface area contributed by atoms with E-state index in [2.05, 4.69) is 21.4 Å². The van der Waals surface area contributed by atoms with E-state index < -0.39 is 0 Å². The van der Waals surface area contributed by atoms with Crippen LogP contribution in [-0.4, -0.2) is 41.7 Å². The predicted molar refractivity (Wildman–Crippen MR) is 97.0 cm³/mol. The van der Waals surface area contributed by atoms with E-state index >= 15 is 0 Å². The van der Waals surface area contributed by atoms with Gasteiger partial charge in [0, 0.05) is 24.4 Å². The van der Waals surface area contributed by atoms with Gasteiger partial charge in [0.2, 0.25) is 5.91 Å². The summed E-state index contributed by atoms with van der Waals surface area (Å²) in [6, 6.07) is 8.02. The van der Waals surface area contributed by atoms with Crippen LogP contribution in [0.25, 0.3) is 11.4 Å². The molecule has 2 atom stereocenters. The van der Waals surface area contributed by atoms with Crippen molar-refractivity contribution in [3.05, 3.63) is 41.2 Å². The Morgan fingerprint density at radius 1 is 1.27 bits per heavy atom. The number of para-hydroxylation sites is 1. The van der Waals surface area contributed by atoms with E-state index in [0.29, 0.717) is 25.6 Å². The van der Waals surface area contributed by atoms with Crippen molar-refractivity contribution < 1.29 is 14.3 Å². The van der Waals surface area contributed by atoms with Crippen LogP contribution in [-0.2, 0) is 16.0 Å². The lowest BCUT2D eigenvalue weighted by Crippen LogP contribution is -2.38. The van der Waals surface area contributed by atoms with Crippen LogP contribution in [0.15, 0.2) is 24.3 Å². The smallest absolute Gasteiger partial charge is 0.225 e. The zero-order valence-corrected chi connectivity index (χ0v) is 15.1. The van der Waals surface area contributed by atoms with Crippen molar-refractivity contribution in [3.8, 4) is 17.1 Å². The molecule has 136 valence electrons. The summed E-state index contributed by atoms with van der Waals surface area (Å²) in [5.74, 6) is 1.55. The van der Waals surface area contributed by atoms with E-state index in [1.807, 2.05) is 32.0 Å². The normalized spacial score (nSPS) is 21.3. The molecular weight excluding hydrogens is 330 g/mol. The summed E-state index contributed by atoms with van der Waals surface area (Å²) in [6.07, 6.45) is 1.50. The monoisotopic (exact) mass is 353 g/mol. The Kier molecular flexibility index (Phi) is 4.59. The number of carbonyl (C=O) groups excluding carboxylic acids is 1. The number of ether oxygens (including phenoxy) is 2. The Morgan fingerprint density at radius 3 is 2.81 bits per heavy atom. The average Bonchev–Trinajstić information content (AvgIpc) is 3.27. The molecule has 4 rings (SSSR count). The zero-order chi connectivity index (χ0) is 18.1. The first-order valence-corrected chi connectivity index (χ1v) is 9.07. The molecule has 0 spiro atoms. The molecule has 2 aromatic rings. The second-order valence-corrected chi connectivity index (χ2v) is 7.02. The van der Waals surface area contributed by atoms with Crippen molar-refractivity contribution in [2.24, 2.45) is 5.92 Å². The van der Waals surface area contributed by atoms with Gasteiger partial charge >= 0.3 is 0 Å². The molecular formula is C20H23N3O3. The minimum absolute atomic E-state index is 0.0296. The number of carbonyl (C=O) groups is 1. The molecule has 0 saturated carbocycles. The van der Waals surface area contributed by atoms with Gasteiger partial charge in [-0.05, 0) is 38.0 Å². The third-order valence-corrected chi connectivity index (χ3v) is 4.86. The third kappa shape index (κ3) is 3.42. The van der Waals surface area contributed by atoms with Gasteiger partial charge in [-0.3, -0.25) is 4.79 Å². The van der Waals surface area contributed by atoms with Gasteiger partial charge in [0.05, 0.1) is 24.6 Å². The summed E-state index contributed by atoms with van der Waals surface area (Å²) in [7, 11) is 0. The largest absolute Gasteiger partial charge is 0.487 e. The number of hydrogen-bond acceptors (Lipinski definition) is 5. The molecule has 1 N–H and O–H groups in total. The Labute approximate surface area is 153 Å². The van der Waals surface area contributed by atoms with Crippen LogP contribution in [0, 0.1) is 19.8 Å². The lowest BCUT2D eigenvalue weighted by molar-refractivity contribution is -0.125. The Morgan fingerprint density at radius 2 is 2.08 bits per heavy atom. The number of aryl methyl sites for hydroxylation is 2. The molecule has 1 fully saturated rings. The maximum absolute atomic E-state index is 12.2. The van der Waals surface area contributed by atoms with Crippen molar-refractivity contribution >= 4 is 5.91 Å². The Bertz CT molecular complexity index is 811. The molecule has 6 heteroatoms. The molecule has 1 amide bonds. The molecule has 2 aliphatic rings. The van der Waals surface area contributed by atoms with Crippen molar-refractivity contribution in [2.75, 3.05) is 19.8 Å². The van der Waals surface area contributed by atoms with E-state index in [1.54, 1.807) is 0 Å². The van der Waals surface area contributed by atoms with Gasteiger partial charge in [-0.15, -0.1) is 0 Å². The molecule has 0 radical (unpaired) electrons. The van der Waals surface area contributed by atoms with Crippen LogP contribution in [0.4, 0.5) is 0 Å². The van der Waals surface area contributed by atoms with E-state index in [1.165, 1.54) is 0 Å². The highest BCUT2D eigenvalue weighted by atomic mass is 16.5. The van der Waals surface area contributed by atoms with Gasteiger partial charge in [0.15, 0.2) is 5.82 Å². The van der Waals surface area contributed by atoms with Crippen molar-refractivity contribution in [2.45, 2.75) is 32.8 Å². The van der Waals surface area contributed by atoms with E-state index in [9.17, 15) is 4.79 Å². The molecule has 2 unspecified atom stereocenters. The van der Waals surface area contributed by atoms with Crippen LogP contribution in [0.1, 0.15) is 23.4 Å². The number of aromatic nitrogens is 2. The molecule has 2 aliphatic heterocycles. The molecule has 6 nitrogen and oxygen atoms in total.